The largest absolute Gasteiger partial charge is 0.658 e. The van der Waals surface area contributed by atoms with Crippen LogP contribution in [0.3, 0.4) is 0 Å². The quantitative estimate of drug-likeness (QED) is 0.159. The topological polar surface area (TPSA) is 186 Å². The third-order valence-corrected chi connectivity index (χ3v) is 9.00. The third kappa shape index (κ3) is 5.99. The zero-order valence-corrected chi connectivity index (χ0v) is 25.6. The highest BCUT2D eigenvalue weighted by molar-refractivity contribution is 5.90. The van der Waals surface area contributed by atoms with Gasteiger partial charge in [-0.3, -0.25) is 4.79 Å². The maximum absolute atomic E-state index is 12.5. The van der Waals surface area contributed by atoms with Crippen molar-refractivity contribution in [3.05, 3.63) is 46.6 Å². The van der Waals surface area contributed by atoms with E-state index in [0.717, 1.165) is 5.69 Å². The van der Waals surface area contributed by atoms with Gasteiger partial charge in [-0.25, -0.2) is 4.79 Å². The molecule has 1 aromatic heterocycles. The summed E-state index contributed by atoms with van der Waals surface area (Å²) in [4.78, 5) is 28.9. The molecule has 8 atom stereocenters. The van der Waals surface area contributed by atoms with Crippen molar-refractivity contribution in [1.82, 2.24) is 4.98 Å². The van der Waals surface area contributed by atoms with E-state index in [1.165, 1.54) is 13.2 Å². The minimum atomic E-state index is -2.05. The van der Waals surface area contributed by atoms with E-state index in [0.29, 0.717) is 29.2 Å². The molecular formula is C32H44NO11-. The number of nitrogens with zero attached hydrogens (tertiary/aromatic N) is 1. The fraction of sp³-hybridized carbons (Fsp3) is 0.625. The number of carbonyl (C=O) groups excluding carboxylic acids is 1. The number of aromatic nitrogens is 1. The van der Waals surface area contributed by atoms with E-state index >= 15 is 0 Å². The van der Waals surface area contributed by atoms with Crippen LogP contribution in [0.15, 0.2) is 30.4 Å². The highest BCUT2D eigenvalue weighted by Gasteiger charge is 2.64. The zero-order chi connectivity index (χ0) is 32.4. The van der Waals surface area contributed by atoms with Crippen LogP contribution in [0.1, 0.15) is 64.5 Å². The van der Waals surface area contributed by atoms with Gasteiger partial charge in [0.15, 0.2) is 11.9 Å². The molecule has 1 fully saturated rings. The number of carboxylic acids is 1. The molecule has 1 aromatic rings. The van der Waals surface area contributed by atoms with Gasteiger partial charge in [-0.05, 0) is 36.5 Å². The number of esters is 1. The van der Waals surface area contributed by atoms with Crippen LogP contribution in [0.4, 0.5) is 0 Å². The standard InChI is InChI=1S/C32H44NO11/c1-6-19-21(14-26(36)37)20(28(38)41-5)10-11-23(19)42-30-31(40,7-2)29(39)32(25(16-35)43-30)15-18-13-22(17(3)4)33-27(18)24(44-32)9-8-12-34/h6,10,13,15,17,19,21,23,25,29-30,34-35,39-40H,1,7-9,11-12,14,16H2,2-5H3,(H,36,37)/q-1. The summed E-state index contributed by atoms with van der Waals surface area (Å²) < 4.78 is 23.9. The van der Waals surface area contributed by atoms with Gasteiger partial charge in [0.05, 0.1) is 32.0 Å². The van der Waals surface area contributed by atoms with Crippen LogP contribution in [0.5, 0.6) is 0 Å². The Kier molecular flexibility index (Phi) is 10.4. The van der Waals surface area contributed by atoms with E-state index in [4.69, 9.17) is 23.9 Å². The molecule has 0 saturated carbocycles. The Bertz CT molecular complexity index is 1380. The molecule has 0 amide bonds. The summed E-state index contributed by atoms with van der Waals surface area (Å²) in [5, 5.41) is 55.0. The highest BCUT2D eigenvalue weighted by atomic mass is 16.7. The highest BCUT2D eigenvalue weighted by Crippen LogP contribution is 2.46. The molecule has 12 nitrogen and oxygen atoms in total. The lowest BCUT2D eigenvalue weighted by molar-refractivity contribution is -0.365. The van der Waals surface area contributed by atoms with Crippen molar-refractivity contribution in [2.45, 2.75) is 94.6 Å². The number of hydrogen-bond donors (Lipinski definition) is 5. The van der Waals surface area contributed by atoms with Crippen molar-refractivity contribution < 1.29 is 54.1 Å². The first kappa shape index (κ1) is 33.9. The van der Waals surface area contributed by atoms with Crippen molar-refractivity contribution in [1.29, 1.82) is 0 Å². The van der Waals surface area contributed by atoms with Gasteiger partial charge in [-0.2, -0.15) is 5.69 Å². The number of aliphatic carboxylic acids is 1. The van der Waals surface area contributed by atoms with E-state index in [1.807, 2.05) is 19.9 Å². The Hall–Kier alpha value is -3.00. The number of aliphatic hydroxyl groups excluding tert-OH is 3. The van der Waals surface area contributed by atoms with Crippen LogP contribution in [0.25, 0.3) is 11.8 Å². The normalized spacial score (nSPS) is 33.3. The van der Waals surface area contributed by atoms with Gasteiger partial charge >= 0.3 is 11.9 Å². The minimum absolute atomic E-state index is 0.0431. The Morgan fingerprint density at radius 2 is 2.02 bits per heavy atom. The molecule has 2 aliphatic heterocycles. The van der Waals surface area contributed by atoms with Crippen LogP contribution in [0, 0.1) is 11.8 Å². The molecule has 8 unspecified atom stereocenters. The average molecular weight is 619 g/mol. The molecule has 12 heteroatoms. The first-order chi connectivity index (χ1) is 20.9. The Morgan fingerprint density at radius 1 is 1.30 bits per heavy atom. The van der Waals surface area contributed by atoms with E-state index in [9.17, 15) is 35.1 Å². The van der Waals surface area contributed by atoms with Crippen LogP contribution in [-0.2, 0) is 28.5 Å². The number of fused-ring (bicyclic) bond motifs is 1. The lowest BCUT2D eigenvalue weighted by atomic mass is 9.73. The lowest BCUT2D eigenvalue weighted by Gasteiger charge is -2.56. The Labute approximate surface area is 256 Å². The molecule has 1 aliphatic carbocycles. The van der Waals surface area contributed by atoms with Crippen LogP contribution >= 0.6 is 0 Å². The second kappa shape index (κ2) is 13.6. The van der Waals surface area contributed by atoms with Gasteiger partial charge in [0.1, 0.15) is 17.8 Å². The monoisotopic (exact) mass is 618 g/mol. The van der Waals surface area contributed by atoms with E-state index in [2.05, 4.69) is 6.58 Å². The number of carbonyl (C=O) groups is 2. The second-order valence-electron chi connectivity index (χ2n) is 12.0. The van der Waals surface area contributed by atoms with Gasteiger partial charge in [-0.15, -0.1) is 6.58 Å². The van der Waals surface area contributed by atoms with Gasteiger partial charge in [0.2, 0.25) is 0 Å². The molecule has 244 valence electrons. The molecule has 5 N–H and O–H groups in total. The summed E-state index contributed by atoms with van der Waals surface area (Å²) in [5.41, 5.74) is -2.79. The van der Waals surface area contributed by atoms with Crippen molar-refractivity contribution in [2.75, 3.05) is 20.3 Å². The average Bonchev–Trinajstić information content (AvgIpc) is 3.44. The number of hydrogen-bond acceptors (Lipinski definition) is 10. The minimum Gasteiger partial charge on any atom is -0.658 e. The van der Waals surface area contributed by atoms with Crippen LogP contribution in [0.2, 0.25) is 0 Å². The van der Waals surface area contributed by atoms with Gasteiger partial charge in [0, 0.05) is 30.4 Å². The smallest absolute Gasteiger partial charge is 0.333 e. The van der Waals surface area contributed by atoms with Crippen LogP contribution < -0.4 is 15.6 Å². The number of aliphatic hydroxyl groups is 4. The van der Waals surface area contributed by atoms with Crippen molar-refractivity contribution >= 4 is 23.8 Å². The van der Waals surface area contributed by atoms with Crippen LogP contribution in [-0.4, -0.2) is 93.6 Å². The summed E-state index contributed by atoms with van der Waals surface area (Å²) in [6, 6.07) is 1.88. The molecule has 0 aromatic carbocycles. The van der Waals surface area contributed by atoms with Crippen molar-refractivity contribution in [2.24, 2.45) is 11.8 Å². The second-order valence-corrected chi connectivity index (χ2v) is 12.0. The predicted octanol–water partition coefficient (Wildman–Crippen LogP) is 0.198. The first-order valence-corrected chi connectivity index (χ1v) is 15.0. The molecule has 1 spiro atoms. The van der Waals surface area contributed by atoms with Crippen molar-refractivity contribution in [3.63, 3.8) is 0 Å². The fourth-order valence-electron chi connectivity index (χ4n) is 6.51. The SMILES string of the molecule is C=CC1C(OC2OC(CO)C3(C=c4cc(C(C)C)[n-]c4=C(CCCO)O3)C(O)C2(O)CC)CC=C(C(=O)OC)C1CC(=O)O. The molecule has 1 saturated heterocycles. The molecular weight excluding hydrogens is 574 g/mol. The molecule has 4 rings (SSSR count). The summed E-state index contributed by atoms with van der Waals surface area (Å²) in [6.07, 6.45) is -0.0785. The van der Waals surface area contributed by atoms with E-state index in [1.54, 1.807) is 19.1 Å². The van der Waals surface area contributed by atoms with Gasteiger partial charge in [-0.1, -0.05) is 44.3 Å². The molecule has 0 bridgehead atoms. The molecule has 3 heterocycles. The summed E-state index contributed by atoms with van der Waals surface area (Å²) in [5.74, 6) is -2.79. The summed E-state index contributed by atoms with van der Waals surface area (Å²) in [7, 11) is 1.21. The lowest BCUT2D eigenvalue weighted by Crippen LogP contribution is -2.74. The maximum Gasteiger partial charge on any atom is 0.333 e. The number of rotatable bonds is 12. The third-order valence-electron chi connectivity index (χ3n) is 9.00. The molecule has 0 radical (unpaired) electrons. The van der Waals surface area contributed by atoms with E-state index < -0.39 is 72.6 Å². The first-order valence-electron chi connectivity index (χ1n) is 15.0. The number of carboxylic acid groups (broad SMARTS) is 1. The number of ether oxygens (including phenoxy) is 4. The predicted molar refractivity (Wildman–Crippen MR) is 157 cm³/mol. The van der Waals surface area contributed by atoms with Gasteiger partial charge in [0.25, 0.3) is 0 Å². The molecule has 3 aliphatic rings. The number of methoxy groups -OCH3 is 1. The zero-order valence-electron chi connectivity index (χ0n) is 25.6. The van der Waals surface area contributed by atoms with Crippen molar-refractivity contribution in [3.8, 4) is 0 Å². The Balaban J connectivity index is 1.74. The van der Waals surface area contributed by atoms with E-state index in [-0.39, 0.29) is 30.9 Å². The molecule has 44 heavy (non-hydrogen) atoms. The summed E-state index contributed by atoms with van der Waals surface area (Å²) >= 11 is 0. The summed E-state index contributed by atoms with van der Waals surface area (Å²) in [6.45, 7) is 8.78. The van der Waals surface area contributed by atoms with Gasteiger partial charge < -0.3 is 49.5 Å². The Morgan fingerprint density at radius 3 is 2.59 bits per heavy atom. The fourth-order valence-corrected chi connectivity index (χ4v) is 6.51. The maximum atomic E-state index is 12.5.